The van der Waals surface area contributed by atoms with E-state index in [0.717, 1.165) is 0 Å². The lowest BCUT2D eigenvalue weighted by atomic mass is 10.3. The van der Waals surface area contributed by atoms with Gasteiger partial charge in [-0.25, -0.2) is 0 Å². The Morgan fingerprint density at radius 3 is 2.80 bits per heavy atom. The van der Waals surface area contributed by atoms with Crippen molar-refractivity contribution in [1.82, 2.24) is 0 Å². The fourth-order valence-electron chi connectivity index (χ4n) is 1.04. The van der Waals surface area contributed by atoms with Crippen molar-refractivity contribution in [1.29, 1.82) is 0 Å². The predicted molar refractivity (Wildman–Crippen MR) is 55.3 cm³/mol. The molecule has 0 fully saturated rings. The van der Waals surface area contributed by atoms with Gasteiger partial charge in [0.1, 0.15) is 6.61 Å². The molecule has 0 aliphatic carbocycles. The molecule has 0 heterocycles. The molecule has 0 radical (unpaired) electrons. The first-order chi connectivity index (χ1) is 7.19. The Kier molecular flexibility index (Phi) is 3.68. The molecule has 0 unspecified atom stereocenters. The number of methoxy groups -OCH3 is 1. The predicted octanol–water partition coefficient (Wildman–Crippen LogP) is 2.17. The van der Waals surface area contributed by atoms with Crippen LogP contribution in [0.1, 0.15) is 0 Å². The molecule has 1 aromatic carbocycles. The average molecular weight is 209 g/mol. The van der Waals surface area contributed by atoms with Crippen LogP contribution < -0.4 is 9.47 Å². The van der Waals surface area contributed by atoms with Crippen LogP contribution in [0.25, 0.3) is 0 Å². The van der Waals surface area contributed by atoms with Gasteiger partial charge >= 0.3 is 0 Å². The number of benzene rings is 1. The molecule has 5 heteroatoms. The summed E-state index contributed by atoms with van der Waals surface area (Å²) in [5.41, 5.74) is -0.0325. The van der Waals surface area contributed by atoms with Crippen LogP contribution in [-0.2, 0) is 0 Å². The third kappa shape index (κ3) is 2.70. The van der Waals surface area contributed by atoms with Crippen LogP contribution in [0, 0.1) is 10.1 Å². The second-order valence-corrected chi connectivity index (χ2v) is 2.69. The molecule has 0 aromatic heterocycles. The van der Waals surface area contributed by atoms with E-state index in [4.69, 9.17) is 9.47 Å². The van der Waals surface area contributed by atoms with Crippen molar-refractivity contribution in [3.63, 3.8) is 0 Å². The average Bonchev–Trinajstić information content (AvgIpc) is 2.25. The van der Waals surface area contributed by atoms with Gasteiger partial charge in [0.05, 0.1) is 18.1 Å². The van der Waals surface area contributed by atoms with Crippen molar-refractivity contribution in [2.45, 2.75) is 0 Å². The number of nitrogens with zero attached hydrogens (tertiary/aromatic N) is 1. The highest BCUT2D eigenvalue weighted by molar-refractivity contribution is 5.48. The summed E-state index contributed by atoms with van der Waals surface area (Å²) in [6.45, 7) is 3.76. The first kappa shape index (κ1) is 11.0. The lowest BCUT2D eigenvalue weighted by molar-refractivity contribution is -0.385. The summed E-state index contributed by atoms with van der Waals surface area (Å²) >= 11 is 0. The van der Waals surface area contributed by atoms with Crippen molar-refractivity contribution in [2.24, 2.45) is 0 Å². The van der Waals surface area contributed by atoms with Crippen LogP contribution in [0.3, 0.4) is 0 Å². The van der Waals surface area contributed by atoms with E-state index in [1.165, 1.54) is 25.3 Å². The van der Waals surface area contributed by atoms with Crippen LogP contribution in [0.4, 0.5) is 5.69 Å². The summed E-state index contributed by atoms with van der Waals surface area (Å²) in [6.07, 6.45) is 1.55. The van der Waals surface area contributed by atoms with Gasteiger partial charge in [0, 0.05) is 6.07 Å². The third-order valence-electron chi connectivity index (χ3n) is 1.71. The fourth-order valence-corrected chi connectivity index (χ4v) is 1.04. The zero-order chi connectivity index (χ0) is 11.3. The molecule has 0 bridgehead atoms. The number of nitro groups is 1. The molecule has 5 nitrogen and oxygen atoms in total. The third-order valence-corrected chi connectivity index (χ3v) is 1.71. The highest BCUT2D eigenvalue weighted by Crippen LogP contribution is 2.30. The zero-order valence-corrected chi connectivity index (χ0v) is 8.30. The largest absolute Gasteiger partial charge is 0.493 e. The van der Waals surface area contributed by atoms with E-state index in [0.29, 0.717) is 11.5 Å². The fraction of sp³-hybridized carbons (Fsp3) is 0.200. The maximum absolute atomic E-state index is 10.5. The standard InChI is InChI=1S/C10H11NO4/c1-3-6-15-10-7-8(11(12)13)4-5-9(10)14-2/h3-5,7H,1,6H2,2H3. The number of rotatable bonds is 5. The van der Waals surface area contributed by atoms with E-state index in [2.05, 4.69) is 6.58 Å². The summed E-state index contributed by atoms with van der Waals surface area (Å²) in [5.74, 6) is 0.800. The second-order valence-electron chi connectivity index (χ2n) is 2.69. The van der Waals surface area contributed by atoms with E-state index < -0.39 is 4.92 Å². The molecule has 15 heavy (non-hydrogen) atoms. The van der Waals surface area contributed by atoms with Gasteiger partial charge in [0.15, 0.2) is 11.5 Å². The highest BCUT2D eigenvalue weighted by atomic mass is 16.6. The molecule has 1 aromatic rings. The molecule has 0 amide bonds. The van der Waals surface area contributed by atoms with Crippen molar-refractivity contribution in [2.75, 3.05) is 13.7 Å². The van der Waals surface area contributed by atoms with Gasteiger partial charge in [-0.15, -0.1) is 0 Å². The number of nitro benzene ring substituents is 1. The smallest absolute Gasteiger partial charge is 0.273 e. The first-order valence-corrected chi connectivity index (χ1v) is 4.25. The maximum Gasteiger partial charge on any atom is 0.273 e. The zero-order valence-electron chi connectivity index (χ0n) is 8.30. The second kappa shape index (κ2) is 4.99. The Hall–Kier alpha value is -2.04. The monoisotopic (exact) mass is 209 g/mol. The Labute approximate surface area is 87.1 Å². The van der Waals surface area contributed by atoms with Crippen LogP contribution in [0.2, 0.25) is 0 Å². The highest BCUT2D eigenvalue weighted by Gasteiger charge is 2.11. The summed E-state index contributed by atoms with van der Waals surface area (Å²) in [4.78, 5) is 10.0. The Morgan fingerprint density at radius 1 is 1.53 bits per heavy atom. The van der Waals surface area contributed by atoms with Gasteiger partial charge in [-0.1, -0.05) is 12.7 Å². The van der Waals surface area contributed by atoms with Crippen molar-refractivity contribution < 1.29 is 14.4 Å². The molecule has 0 spiro atoms. The van der Waals surface area contributed by atoms with Crippen LogP contribution >= 0.6 is 0 Å². The van der Waals surface area contributed by atoms with Crippen LogP contribution in [0.15, 0.2) is 30.9 Å². The van der Waals surface area contributed by atoms with E-state index in [9.17, 15) is 10.1 Å². The number of hydrogen-bond donors (Lipinski definition) is 0. The molecule has 0 N–H and O–H groups in total. The van der Waals surface area contributed by atoms with Crippen LogP contribution in [0.5, 0.6) is 11.5 Å². The lowest BCUT2D eigenvalue weighted by Gasteiger charge is -2.08. The van der Waals surface area contributed by atoms with Gasteiger partial charge in [-0.2, -0.15) is 0 Å². The van der Waals surface area contributed by atoms with Gasteiger partial charge in [0.25, 0.3) is 5.69 Å². The Balaban J connectivity index is 3.01. The number of non-ortho nitro benzene ring substituents is 1. The summed E-state index contributed by atoms with van der Waals surface area (Å²) in [5, 5.41) is 10.5. The Bertz CT molecular complexity index is 376. The summed E-state index contributed by atoms with van der Waals surface area (Å²) in [7, 11) is 1.47. The van der Waals surface area contributed by atoms with E-state index >= 15 is 0 Å². The van der Waals surface area contributed by atoms with Crippen LogP contribution in [-0.4, -0.2) is 18.6 Å². The molecule has 0 aliphatic rings. The molecule has 0 aliphatic heterocycles. The maximum atomic E-state index is 10.5. The normalized spacial score (nSPS) is 9.40. The molecule has 1 rings (SSSR count). The van der Waals surface area contributed by atoms with Gasteiger partial charge in [-0.05, 0) is 6.07 Å². The number of hydrogen-bond acceptors (Lipinski definition) is 4. The molecular weight excluding hydrogens is 198 g/mol. The van der Waals surface area contributed by atoms with E-state index in [1.54, 1.807) is 6.08 Å². The molecular formula is C10H11NO4. The molecule has 0 saturated carbocycles. The molecule has 80 valence electrons. The minimum Gasteiger partial charge on any atom is -0.493 e. The quantitative estimate of drug-likeness (QED) is 0.423. The molecule has 0 atom stereocenters. The van der Waals surface area contributed by atoms with Gasteiger partial charge in [-0.3, -0.25) is 10.1 Å². The minimum absolute atomic E-state index is 0.0325. The van der Waals surface area contributed by atoms with Crippen molar-refractivity contribution in [3.05, 3.63) is 41.0 Å². The van der Waals surface area contributed by atoms with Crippen molar-refractivity contribution >= 4 is 5.69 Å². The molecule has 0 saturated heterocycles. The van der Waals surface area contributed by atoms with E-state index in [1.807, 2.05) is 0 Å². The topological polar surface area (TPSA) is 61.6 Å². The number of ether oxygens (including phenoxy) is 2. The van der Waals surface area contributed by atoms with Gasteiger partial charge < -0.3 is 9.47 Å². The Morgan fingerprint density at radius 2 is 2.27 bits per heavy atom. The minimum atomic E-state index is -0.486. The SMILES string of the molecule is C=CCOc1cc([N+](=O)[O-])ccc1OC. The first-order valence-electron chi connectivity index (χ1n) is 4.25. The van der Waals surface area contributed by atoms with E-state index in [-0.39, 0.29) is 12.3 Å². The van der Waals surface area contributed by atoms with Crippen molar-refractivity contribution in [3.8, 4) is 11.5 Å². The lowest BCUT2D eigenvalue weighted by Crippen LogP contribution is -1.97. The van der Waals surface area contributed by atoms with Gasteiger partial charge in [0.2, 0.25) is 0 Å². The summed E-state index contributed by atoms with van der Waals surface area (Å²) < 4.78 is 10.2. The summed E-state index contributed by atoms with van der Waals surface area (Å²) in [6, 6.07) is 4.18.